The van der Waals surface area contributed by atoms with E-state index in [2.05, 4.69) is 18.0 Å². The standard InChI is InChI=1S/C38H74O12S/c1-3-5-7-9-11-13-15-16-17-18-19-21-23-25-27-34(40)48-32(30-46-28-26-24-22-20-14-12-10-8-6-4-2)31-47-38-36(42)37(50-51(43,44)45)35(41)33(29-39)49-38/h32-33,35-39,41-42H,3-31H2,1-2H3,(H,43,44,45). The molecule has 1 rings (SSSR count). The Bertz CT molecular complexity index is 921. The number of esters is 1. The average molecular weight is 755 g/mol. The first-order valence-corrected chi connectivity index (χ1v) is 21.7. The molecule has 1 aliphatic rings. The fourth-order valence-corrected chi connectivity index (χ4v) is 6.89. The van der Waals surface area contributed by atoms with Crippen LogP contribution in [-0.2, 0) is 38.3 Å². The summed E-state index contributed by atoms with van der Waals surface area (Å²) in [6.07, 6.45) is 20.0. The molecule has 0 saturated carbocycles. The van der Waals surface area contributed by atoms with Crippen LogP contribution in [0.1, 0.15) is 174 Å². The Morgan fingerprint density at radius 3 is 1.57 bits per heavy atom. The van der Waals surface area contributed by atoms with Crippen LogP contribution in [0.25, 0.3) is 0 Å². The van der Waals surface area contributed by atoms with Gasteiger partial charge in [0.25, 0.3) is 0 Å². The van der Waals surface area contributed by atoms with Crippen molar-refractivity contribution in [2.45, 2.75) is 211 Å². The fourth-order valence-electron chi connectivity index (χ4n) is 6.38. The average Bonchev–Trinajstić information content (AvgIpc) is 3.09. The van der Waals surface area contributed by atoms with Gasteiger partial charge in [0.05, 0.1) is 19.8 Å². The number of hydrogen-bond donors (Lipinski definition) is 4. The summed E-state index contributed by atoms with van der Waals surface area (Å²) in [4.78, 5) is 12.8. The first kappa shape index (κ1) is 48.1. The molecule has 51 heavy (non-hydrogen) atoms. The highest BCUT2D eigenvalue weighted by atomic mass is 32.3. The Hall–Kier alpha value is -0.900. The summed E-state index contributed by atoms with van der Waals surface area (Å²) in [5.41, 5.74) is 0. The van der Waals surface area contributed by atoms with Gasteiger partial charge < -0.3 is 34.3 Å². The Morgan fingerprint density at radius 1 is 0.667 bits per heavy atom. The molecule has 13 heteroatoms. The van der Waals surface area contributed by atoms with Crippen molar-refractivity contribution in [3.05, 3.63) is 0 Å². The monoisotopic (exact) mass is 754 g/mol. The molecule has 1 fully saturated rings. The van der Waals surface area contributed by atoms with Crippen LogP contribution in [0.2, 0.25) is 0 Å². The van der Waals surface area contributed by atoms with Crippen molar-refractivity contribution in [2.75, 3.05) is 26.4 Å². The first-order valence-electron chi connectivity index (χ1n) is 20.3. The Balaban J connectivity index is 2.47. The van der Waals surface area contributed by atoms with Gasteiger partial charge in [-0.15, -0.1) is 0 Å². The van der Waals surface area contributed by atoms with Crippen molar-refractivity contribution in [2.24, 2.45) is 0 Å². The predicted molar refractivity (Wildman–Crippen MR) is 198 cm³/mol. The van der Waals surface area contributed by atoms with Crippen LogP contribution < -0.4 is 0 Å². The van der Waals surface area contributed by atoms with Crippen LogP contribution in [0.5, 0.6) is 0 Å². The van der Waals surface area contributed by atoms with Gasteiger partial charge in [-0.1, -0.05) is 155 Å². The maximum absolute atomic E-state index is 12.8. The van der Waals surface area contributed by atoms with Crippen LogP contribution in [0, 0.1) is 0 Å². The van der Waals surface area contributed by atoms with E-state index in [0.717, 1.165) is 38.5 Å². The Labute approximate surface area is 309 Å². The van der Waals surface area contributed by atoms with Crippen molar-refractivity contribution in [3.8, 4) is 0 Å². The number of aliphatic hydroxyl groups is 3. The molecule has 0 aromatic heterocycles. The number of rotatable bonds is 35. The van der Waals surface area contributed by atoms with Gasteiger partial charge in [-0.3, -0.25) is 9.35 Å². The van der Waals surface area contributed by atoms with E-state index >= 15 is 0 Å². The maximum atomic E-state index is 12.8. The zero-order chi connectivity index (χ0) is 37.6. The molecule has 0 aromatic rings. The smallest absolute Gasteiger partial charge is 0.397 e. The third-order valence-corrected chi connectivity index (χ3v) is 9.94. The molecule has 0 radical (unpaired) electrons. The van der Waals surface area contributed by atoms with Gasteiger partial charge in [0.1, 0.15) is 30.5 Å². The van der Waals surface area contributed by atoms with Gasteiger partial charge in [0.2, 0.25) is 0 Å². The molecule has 304 valence electrons. The quantitative estimate of drug-likeness (QED) is 0.0288. The lowest BCUT2D eigenvalue weighted by Crippen LogP contribution is -2.60. The van der Waals surface area contributed by atoms with E-state index in [9.17, 15) is 28.5 Å². The lowest BCUT2D eigenvalue weighted by Gasteiger charge is -2.41. The molecule has 6 atom stereocenters. The van der Waals surface area contributed by atoms with Crippen LogP contribution >= 0.6 is 0 Å². The molecule has 1 heterocycles. The first-order chi connectivity index (χ1) is 24.6. The predicted octanol–water partition coefficient (Wildman–Crippen LogP) is 7.35. The van der Waals surface area contributed by atoms with Crippen molar-refractivity contribution >= 4 is 16.4 Å². The van der Waals surface area contributed by atoms with Crippen LogP contribution in [0.3, 0.4) is 0 Å². The number of unbranched alkanes of at least 4 members (excludes halogenated alkanes) is 22. The van der Waals surface area contributed by atoms with Gasteiger partial charge in [0.15, 0.2) is 6.29 Å². The second-order valence-electron chi connectivity index (χ2n) is 14.2. The van der Waals surface area contributed by atoms with Crippen molar-refractivity contribution in [1.29, 1.82) is 0 Å². The molecule has 0 aromatic carbocycles. The zero-order valence-electron chi connectivity index (χ0n) is 31.9. The van der Waals surface area contributed by atoms with E-state index in [1.807, 2.05) is 0 Å². The summed E-state index contributed by atoms with van der Waals surface area (Å²) in [5, 5.41) is 30.5. The van der Waals surface area contributed by atoms with E-state index in [1.165, 1.54) is 109 Å². The number of ether oxygens (including phenoxy) is 4. The zero-order valence-corrected chi connectivity index (χ0v) is 32.7. The molecule has 12 nitrogen and oxygen atoms in total. The molecule has 6 unspecified atom stereocenters. The van der Waals surface area contributed by atoms with E-state index in [-0.39, 0.29) is 19.6 Å². The number of carbonyl (C=O) groups is 1. The number of aliphatic hydroxyl groups excluding tert-OH is 3. The Kier molecular flexibility index (Phi) is 29.7. The summed E-state index contributed by atoms with van der Waals surface area (Å²) in [6, 6.07) is 0. The molecule has 1 aliphatic heterocycles. The van der Waals surface area contributed by atoms with Gasteiger partial charge in [0, 0.05) is 13.0 Å². The number of hydrogen-bond acceptors (Lipinski definition) is 11. The van der Waals surface area contributed by atoms with Crippen LogP contribution in [0.15, 0.2) is 0 Å². The van der Waals surface area contributed by atoms with Crippen molar-refractivity contribution in [3.63, 3.8) is 0 Å². The van der Waals surface area contributed by atoms with Crippen molar-refractivity contribution < 1.29 is 56.2 Å². The normalized spacial score (nSPS) is 21.6. The highest BCUT2D eigenvalue weighted by Gasteiger charge is 2.48. The highest BCUT2D eigenvalue weighted by Crippen LogP contribution is 2.26. The SMILES string of the molecule is CCCCCCCCCCCCCCCCC(=O)OC(COCCCCCCCCCCCC)COC1OC(CO)C(O)C(OS(=O)(=O)O)C1O. The van der Waals surface area contributed by atoms with Gasteiger partial charge in [-0.2, -0.15) is 8.42 Å². The summed E-state index contributed by atoms with van der Waals surface area (Å²) in [7, 11) is -5.05. The molecule has 1 saturated heterocycles. The van der Waals surface area contributed by atoms with Crippen molar-refractivity contribution in [1.82, 2.24) is 0 Å². The van der Waals surface area contributed by atoms with Crippen LogP contribution in [0.4, 0.5) is 0 Å². The maximum Gasteiger partial charge on any atom is 0.397 e. The summed E-state index contributed by atoms with van der Waals surface area (Å²) in [5.74, 6) is -0.397. The molecular weight excluding hydrogens is 680 g/mol. The highest BCUT2D eigenvalue weighted by molar-refractivity contribution is 7.80. The third kappa shape index (κ3) is 25.7. The lowest BCUT2D eigenvalue weighted by molar-refractivity contribution is -0.301. The second kappa shape index (κ2) is 31.5. The van der Waals surface area contributed by atoms with Crippen LogP contribution in [-0.4, -0.2) is 97.5 Å². The summed E-state index contributed by atoms with van der Waals surface area (Å²) < 4.78 is 58.8. The molecule has 0 bridgehead atoms. The van der Waals surface area contributed by atoms with E-state index < -0.39 is 59.8 Å². The topological polar surface area (TPSA) is 178 Å². The molecule has 4 N–H and O–H groups in total. The van der Waals surface area contributed by atoms with E-state index in [1.54, 1.807) is 0 Å². The summed E-state index contributed by atoms with van der Waals surface area (Å²) >= 11 is 0. The molecule has 0 amide bonds. The largest absolute Gasteiger partial charge is 0.457 e. The minimum atomic E-state index is -5.05. The minimum absolute atomic E-state index is 0.0434. The number of carbonyl (C=O) groups excluding carboxylic acids is 1. The van der Waals surface area contributed by atoms with E-state index in [4.69, 9.17) is 23.5 Å². The van der Waals surface area contributed by atoms with Gasteiger partial charge >= 0.3 is 16.4 Å². The lowest BCUT2D eigenvalue weighted by atomic mass is 9.99. The van der Waals surface area contributed by atoms with Gasteiger partial charge in [-0.25, -0.2) is 4.18 Å². The summed E-state index contributed by atoms with van der Waals surface area (Å²) in [6.45, 7) is 3.98. The molecular formula is C38H74O12S. The fraction of sp³-hybridized carbons (Fsp3) is 0.974. The minimum Gasteiger partial charge on any atom is -0.457 e. The second-order valence-corrected chi connectivity index (χ2v) is 15.3. The molecule has 0 aliphatic carbocycles. The van der Waals surface area contributed by atoms with Gasteiger partial charge in [-0.05, 0) is 12.8 Å². The van der Waals surface area contributed by atoms with E-state index in [0.29, 0.717) is 13.0 Å². The Morgan fingerprint density at radius 2 is 1.12 bits per heavy atom. The molecule has 0 spiro atoms. The third-order valence-electron chi connectivity index (χ3n) is 9.48.